The van der Waals surface area contributed by atoms with Crippen molar-refractivity contribution in [2.45, 2.75) is 32.5 Å². The molecule has 0 spiro atoms. The second kappa shape index (κ2) is 6.86. The molecule has 0 bridgehead atoms. The van der Waals surface area contributed by atoms with Crippen molar-refractivity contribution in [1.82, 2.24) is 19.7 Å². The standard InChI is InChI=1S/C14H18N4O4S/c1-5-22-13(20)11-8(2)12(16-9(11)3)10(19)6-18-7-15-17-14(18)23(4)21/h7,16H,5-6H2,1-4H3/t23-/m0/s1. The van der Waals surface area contributed by atoms with Gasteiger partial charge in [-0.1, -0.05) is 0 Å². The maximum Gasteiger partial charge on any atom is 0.340 e. The third kappa shape index (κ3) is 3.39. The summed E-state index contributed by atoms with van der Waals surface area (Å²) in [5.74, 6) is -0.718. The fraction of sp³-hybridized carbons (Fsp3) is 0.429. The fourth-order valence-electron chi connectivity index (χ4n) is 2.35. The van der Waals surface area contributed by atoms with Gasteiger partial charge in [-0.15, -0.1) is 10.2 Å². The van der Waals surface area contributed by atoms with E-state index in [2.05, 4.69) is 15.2 Å². The molecule has 23 heavy (non-hydrogen) atoms. The normalized spacial score (nSPS) is 12.2. The van der Waals surface area contributed by atoms with Crippen LogP contribution < -0.4 is 0 Å². The lowest BCUT2D eigenvalue weighted by Gasteiger charge is -2.04. The Bertz CT molecular complexity index is 778. The van der Waals surface area contributed by atoms with E-state index in [0.29, 0.717) is 22.5 Å². The lowest BCUT2D eigenvalue weighted by atomic mass is 10.1. The van der Waals surface area contributed by atoms with Crippen LogP contribution in [0.25, 0.3) is 0 Å². The van der Waals surface area contributed by atoms with Gasteiger partial charge in [0.2, 0.25) is 5.16 Å². The Morgan fingerprint density at radius 1 is 1.39 bits per heavy atom. The molecule has 1 N–H and O–H groups in total. The van der Waals surface area contributed by atoms with E-state index in [-0.39, 0.29) is 24.1 Å². The van der Waals surface area contributed by atoms with Gasteiger partial charge in [0, 0.05) is 11.9 Å². The van der Waals surface area contributed by atoms with Crippen LogP contribution in [0.15, 0.2) is 11.5 Å². The number of ketones is 1. The summed E-state index contributed by atoms with van der Waals surface area (Å²) in [6.07, 6.45) is 2.82. The van der Waals surface area contributed by atoms with Crippen molar-refractivity contribution in [2.75, 3.05) is 12.9 Å². The van der Waals surface area contributed by atoms with Crippen molar-refractivity contribution in [2.24, 2.45) is 0 Å². The molecule has 0 saturated heterocycles. The molecule has 1 atom stereocenters. The molecule has 2 aromatic rings. The van der Waals surface area contributed by atoms with E-state index in [9.17, 15) is 13.8 Å². The number of ether oxygens (including phenoxy) is 1. The first-order chi connectivity index (χ1) is 10.9. The average molecular weight is 338 g/mol. The monoisotopic (exact) mass is 338 g/mol. The maximum absolute atomic E-state index is 12.5. The van der Waals surface area contributed by atoms with E-state index >= 15 is 0 Å². The second-order valence-corrected chi connectivity index (χ2v) is 6.24. The molecule has 2 rings (SSSR count). The number of aryl methyl sites for hydroxylation is 1. The Kier molecular flexibility index (Phi) is 5.09. The zero-order valence-corrected chi connectivity index (χ0v) is 14.2. The minimum Gasteiger partial charge on any atom is -0.462 e. The van der Waals surface area contributed by atoms with Gasteiger partial charge in [0.15, 0.2) is 5.78 Å². The summed E-state index contributed by atoms with van der Waals surface area (Å²) >= 11 is 0. The maximum atomic E-state index is 12.5. The van der Waals surface area contributed by atoms with E-state index in [1.54, 1.807) is 20.8 Å². The van der Waals surface area contributed by atoms with Gasteiger partial charge in [-0.05, 0) is 26.3 Å². The molecule has 124 valence electrons. The van der Waals surface area contributed by atoms with Crippen LogP contribution in [0.2, 0.25) is 0 Å². The molecular formula is C14H18N4O4S. The van der Waals surface area contributed by atoms with Gasteiger partial charge < -0.3 is 9.72 Å². The summed E-state index contributed by atoms with van der Waals surface area (Å²) < 4.78 is 18.0. The topological polar surface area (TPSA) is 107 Å². The summed E-state index contributed by atoms with van der Waals surface area (Å²) in [4.78, 5) is 27.4. The van der Waals surface area contributed by atoms with Gasteiger partial charge in [-0.25, -0.2) is 4.79 Å². The van der Waals surface area contributed by atoms with E-state index in [1.807, 2.05) is 0 Å². The van der Waals surface area contributed by atoms with Crippen molar-refractivity contribution in [3.05, 3.63) is 28.8 Å². The predicted molar refractivity (Wildman–Crippen MR) is 82.9 cm³/mol. The highest BCUT2D eigenvalue weighted by molar-refractivity contribution is 7.84. The van der Waals surface area contributed by atoms with Crippen molar-refractivity contribution >= 4 is 22.6 Å². The number of carbonyl (C=O) groups excluding carboxylic acids is 2. The minimum absolute atomic E-state index is 0.0645. The minimum atomic E-state index is -1.34. The van der Waals surface area contributed by atoms with Crippen molar-refractivity contribution in [1.29, 1.82) is 0 Å². The van der Waals surface area contributed by atoms with Gasteiger partial charge in [0.05, 0.1) is 35.2 Å². The van der Waals surface area contributed by atoms with Gasteiger partial charge in [-0.3, -0.25) is 13.6 Å². The van der Waals surface area contributed by atoms with Crippen LogP contribution in [0.1, 0.15) is 39.0 Å². The average Bonchev–Trinajstić information content (AvgIpc) is 3.03. The Balaban J connectivity index is 2.30. The lowest BCUT2D eigenvalue weighted by Crippen LogP contribution is -2.14. The number of hydrogen-bond acceptors (Lipinski definition) is 6. The number of nitrogens with zero attached hydrogens (tertiary/aromatic N) is 3. The quantitative estimate of drug-likeness (QED) is 0.622. The summed E-state index contributed by atoms with van der Waals surface area (Å²) in [6.45, 7) is 5.32. The Morgan fingerprint density at radius 2 is 2.09 bits per heavy atom. The van der Waals surface area contributed by atoms with Gasteiger partial charge in [-0.2, -0.15) is 0 Å². The molecule has 0 radical (unpaired) electrons. The van der Waals surface area contributed by atoms with Crippen molar-refractivity contribution < 1.29 is 18.5 Å². The molecule has 0 aromatic carbocycles. The van der Waals surface area contributed by atoms with Crippen LogP contribution in [0.4, 0.5) is 0 Å². The Labute approximate surface area is 135 Å². The SMILES string of the molecule is CCOC(=O)c1c(C)[nH]c(C(=O)Cn2cnnc2[S@](C)=O)c1C. The molecule has 0 aliphatic carbocycles. The second-order valence-electron chi connectivity index (χ2n) is 4.96. The number of esters is 1. The summed E-state index contributed by atoms with van der Waals surface area (Å²) in [6, 6.07) is 0. The Hall–Kier alpha value is -2.29. The molecule has 2 aromatic heterocycles. The third-order valence-electron chi connectivity index (χ3n) is 3.35. The van der Waals surface area contributed by atoms with Crippen LogP contribution in [-0.2, 0) is 22.1 Å². The molecule has 9 heteroatoms. The van der Waals surface area contributed by atoms with Gasteiger partial charge >= 0.3 is 5.97 Å². The molecule has 2 heterocycles. The Morgan fingerprint density at radius 3 is 2.70 bits per heavy atom. The first-order valence-electron chi connectivity index (χ1n) is 6.97. The smallest absolute Gasteiger partial charge is 0.340 e. The van der Waals surface area contributed by atoms with E-state index in [1.165, 1.54) is 17.2 Å². The van der Waals surface area contributed by atoms with Crippen LogP contribution in [0, 0.1) is 13.8 Å². The number of hydrogen-bond donors (Lipinski definition) is 1. The molecule has 8 nitrogen and oxygen atoms in total. The van der Waals surface area contributed by atoms with Crippen LogP contribution in [0.5, 0.6) is 0 Å². The highest BCUT2D eigenvalue weighted by Gasteiger charge is 2.23. The zero-order chi connectivity index (χ0) is 17.1. The van der Waals surface area contributed by atoms with E-state index in [0.717, 1.165) is 0 Å². The van der Waals surface area contributed by atoms with Crippen LogP contribution in [-0.4, -0.2) is 48.6 Å². The highest BCUT2D eigenvalue weighted by atomic mass is 32.2. The first kappa shape index (κ1) is 17.1. The molecule has 0 amide bonds. The molecule has 0 unspecified atom stereocenters. The number of aromatic nitrogens is 4. The first-order valence-corrected chi connectivity index (χ1v) is 8.53. The van der Waals surface area contributed by atoms with Crippen molar-refractivity contribution in [3.8, 4) is 0 Å². The number of carbonyl (C=O) groups is 2. The van der Waals surface area contributed by atoms with E-state index in [4.69, 9.17) is 4.74 Å². The lowest BCUT2D eigenvalue weighted by molar-refractivity contribution is 0.0525. The van der Waals surface area contributed by atoms with Gasteiger partial charge in [0.1, 0.15) is 6.33 Å². The summed E-state index contributed by atoms with van der Waals surface area (Å²) in [5, 5.41) is 7.63. The summed E-state index contributed by atoms with van der Waals surface area (Å²) in [5.41, 5.74) is 1.82. The fourth-order valence-corrected chi connectivity index (χ4v) is 2.95. The zero-order valence-electron chi connectivity index (χ0n) is 13.4. The molecule has 0 aliphatic heterocycles. The summed E-state index contributed by atoms with van der Waals surface area (Å²) in [7, 11) is -1.34. The van der Waals surface area contributed by atoms with Crippen LogP contribution in [0.3, 0.4) is 0 Å². The third-order valence-corrected chi connectivity index (χ3v) is 4.18. The molecule has 0 saturated carbocycles. The molecular weight excluding hydrogens is 320 g/mol. The predicted octanol–water partition coefficient (Wildman–Crippen LogP) is 1.02. The number of nitrogens with one attached hydrogen (secondary N) is 1. The number of Topliss-reactive ketones (excluding diaryl/α,β-unsaturated/α-hetero) is 1. The highest BCUT2D eigenvalue weighted by Crippen LogP contribution is 2.20. The largest absolute Gasteiger partial charge is 0.462 e. The number of H-pyrrole nitrogens is 1. The van der Waals surface area contributed by atoms with Gasteiger partial charge in [0.25, 0.3) is 0 Å². The van der Waals surface area contributed by atoms with Crippen molar-refractivity contribution in [3.63, 3.8) is 0 Å². The van der Waals surface area contributed by atoms with Crippen LogP contribution >= 0.6 is 0 Å². The number of aromatic amines is 1. The molecule has 0 aliphatic rings. The number of rotatable bonds is 6. The van der Waals surface area contributed by atoms with E-state index < -0.39 is 16.8 Å². The molecule has 0 fully saturated rings.